The zero-order valence-corrected chi connectivity index (χ0v) is 13.3. The number of hydrogen-bond acceptors (Lipinski definition) is 4. The molecule has 1 amide bonds. The van der Waals surface area contributed by atoms with Crippen LogP contribution in [0.15, 0.2) is 24.3 Å². The van der Waals surface area contributed by atoms with Gasteiger partial charge in [-0.1, -0.05) is 24.3 Å². The van der Waals surface area contributed by atoms with Crippen molar-refractivity contribution < 1.29 is 24.0 Å². The van der Waals surface area contributed by atoms with Crippen LogP contribution in [0, 0.1) is 0 Å². The summed E-state index contributed by atoms with van der Waals surface area (Å²) in [5.74, 6) is 0. The van der Waals surface area contributed by atoms with E-state index in [4.69, 9.17) is 14.8 Å². The van der Waals surface area contributed by atoms with Gasteiger partial charge in [-0.25, -0.2) is 4.79 Å². The van der Waals surface area contributed by atoms with Crippen molar-refractivity contribution in [1.82, 2.24) is 4.90 Å². The molecule has 0 aromatic heterocycles. The summed E-state index contributed by atoms with van der Waals surface area (Å²) in [5.41, 5.74) is 0.557. The Hall–Kier alpha value is -1.60. The van der Waals surface area contributed by atoms with Crippen LogP contribution in [0.3, 0.4) is 0 Å². The summed E-state index contributed by atoms with van der Waals surface area (Å²) in [6, 6.07) is 6.54. The van der Waals surface area contributed by atoms with E-state index in [9.17, 15) is 9.18 Å². The fraction of sp³-hybridized carbons (Fsp3) is 0.533. The van der Waals surface area contributed by atoms with Crippen LogP contribution in [0.2, 0.25) is 0 Å². The number of hydrogen-bond donors (Lipinski definition) is 2. The lowest BCUT2D eigenvalue weighted by molar-refractivity contribution is 0.0229. The van der Waals surface area contributed by atoms with Crippen molar-refractivity contribution in [2.24, 2.45) is 0 Å². The number of amides is 1. The highest BCUT2D eigenvalue weighted by Gasteiger charge is 2.22. The first-order chi connectivity index (χ1) is 10.2. The highest BCUT2D eigenvalue weighted by atomic mass is 19.1. The molecule has 1 aromatic carbocycles. The molecule has 5 nitrogen and oxygen atoms in total. The predicted molar refractivity (Wildman–Crippen MR) is 83.5 cm³/mol. The molecule has 22 heavy (non-hydrogen) atoms. The zero-order chi connectivity index (χ0) is 16.8. The normalized spacial score (nSPS) is 11.2. The fourth-order valence-electron chi connectivity index (χ4n) is 1.83. The molecule has 2 N–H and O–H groups in total. The minimum Gasteiger partial charge on any atom is -0.444 e. The van der Waals surface area contributed by atoms with Gasteiger partial charge in [0.15, 0.2) is 0 Å². The Morgan fingerprint density at radius 3 is 2.32 bits per heavy atom. The largest absolute Gasteiger partial charge is 0.488 e. The molecule has 0 heterocycles. The summed E-state index contributed by atoms with van der Waals surface area (Å²) in [5, 5.41) is 18.1. The molecule has 0 saturated heterocycles. The van der Waals surface area contributed by atoms with Crippen LogP contribution in [0.25, 0.3) is 0 Å². The van der Waals surface area contributed by atoms with Gasteiger partial charge < -0.3 is 19.7 Å². The number of rotatable bonds is 6. The Balaban J connectivity index is 2.77. The minimum absolute atomic E-state index is 0.243. The number of alkyl halides is 1. The third kappa shape index (κ3) is 6.45. The Morgan fingerprint density at radius 2 is 1.86 bits per heavy atom. The van der Waals surface area contributed by atoms with Gasteiger partial charge in [0.05, 0.1) is 6.67 Å². The van der Waals surface area contributed by atoms with Crippen molar-refractivity contribution in [3.8, 4) is 0 Å². The molecule has 0 bridgehead atoms. The summed E-state index contributed by atoms with van der Waals surface area (Å²) in [6.07, 6.45) is -0.251. The topological polar surface area (TPSA) is 70.0 Å². The summed E-state index contributed by atoms with van der Waals surface area (Å²) in [6.45, 7) is 5.35. The van der Waals surface area contributed by atoms with Gasteiger partial charge in [0, 0.05) is 13.1 Å². The zero-order valence-electron chi connectivity index (χ0n) is 13.3. The number of nitrogens with zero attached hydrogens (tertiary/aromatic N) is 1. The van der Waals surface area contributed by atoms with E-state index in [1.54, 1.807) is 45.0 Å². The highest BCUT2D eigenvalue weighted by Crippen LogP contribution is 2.13. The van der Waals surface area contributed by atoms with Crippen molar-refractivity contribution in [3.05, 3.63) is 29.8 Å². The van der Waals surface area contributed by atoms with E-state index >= 15 is 0 Å². The smallest absolute Gasteiger partial charge is 0.444 e. The van der Waals surface area contributed by atoms with E-state index in [0.717, 1.165) is 5.56 Å². The Kier molecular flexibility index (Phi) is 6.83. The van der Waals surface area contributed by atoms with E-state index in [1.165, 1.54) is 4.90 Å². The Labute approximate surface area is 130 Å². The first kappa shape index (κ1) is 18.5. The molecule has 0 saturated carbocycles. The number of carbonyl (C=O) groups is 1. The van der Waals surface area contributed by atoms with Crippen LogP contribution < -0.4 is 5.46 Å². The number of ether oxygens (including phenoxy) is 1. The highest BCUT2D eigenvalue weighted by molar-refractivity contribution is 6.58. The van der Waals surface area contributed by atoms with Crippen molar-refractivity contribution in [2.75, 3.05) is 13.2 Å². The SMILES string of the molecule is CC(C)(C)OC(=O)N(CCCF)Cc1ccc(B(O)O)cc1. The third-order valence-corrected chi connectivity index (χ3v) is 2.86. The van der Waals surface area contributed by atoms with E-state index in [0.29, 0.717) is 5.46 Å². The van der Waals surface area contributed by atoms with Gasteiger partial charge in [-0.3, -0.25) is 4.39 Å². The minimum atomic E-state index is -1.53. The monoisotopic (exact) mass is 311 g/mol. The van der Waals surface area contributed by atoms with Gasteiger partial charge >= 0.3 is 13.2 Å². The second-order valence-corrected chi connectivity index (χ2v) is 6.06. The van der Waals surface area contributed by atoms with Crippen molar-refractivity contribution in [2.45, 2.75) is 39.3 Å². The first-order valence-corrected chi connectivity index (χ1v) is 7.22. The van der Waals surface area contributed by atoms with Gasteiger partial charge in [0.25, 0.3) is 0 Å². The van der Waals surface area contributed by atoms with Crippen molar-refractivity contribution in [1.29, 1.82) is 0 Å². The molecule has 0 aliphatic carbocycles. The fourth-order valence-corrected chi connectivity index (χ4v) is 1.83. The first-order valence-electron chi connectivity index (χ1n) is 7.22. The van der Waals surface area contributed by atoms with Crippen molar-refractivity contribution >= 4 is 18.7 Å². The van der Waals surface area contributed by atoms with Crippen LogP contribution >= 0.6 is 0 Å². The molecule has 0 fully saturated rings. The number of carbonyl (C=O) groups excluding carboxylic acids is 1. The molecule has 1 rings (SSSR count). The van der Waals surface area contributed by atoms with Gasteiger partial charge in [-0.2, -0.15) is 0 Å². The maximum atomic E-state index is 12.4. The van der Waals surface area contributed by atoms with Crippen LogP contribution in [-0.2, 0) is 11.3 Å². The van der Waals surface area contributed by atoms with E-state index in [2.05, 4.69) is 0 Å². The van der Waals surface area contributed by atoms with Gasteiger partial charge in [0.1, 0.15) is 5.60 Å². The standard InChI is InChI=1S/C15H23BFNO4/c1-15(2,3)22-14(19)18(10-4-9-17)11-12-5-7-13(8-6-12)16(20)21/h5-8,20-21H,4,9-11H2,1-3H3. The Bertz CT molecular complexity index is 473. The molecule has 0 unspecified atom stereocenters. The average molecular weight is 311 g/mol. The van der Waals surface area contributed by atoms with Gasteiger partial charge in [0.2, 0.25) is 0 Å². The van der Waals surface area contributed by atoms with E-state index < -0.39 is 25.5 Å². The predicted octanol–water partition coefficient (Wildman–Crippen LogP) is 1.46. The molecule has 0 spiro atoms. The van der Waals surface area contributed by atoms with Crippen molar-refractivity contribution in [3.63, 3.8) is 0 Å². The molecular weight excluding hydrogens is 288 g/mol. The molecule has 0 radical (unpaired) electrons. The maximum Gasteiger partial charge on any atom is 0.488 e. The second kappa shape index (κ2) is 8.15. The molecule has 1 aromatic rings. The van der Waals surface area contributed by atoms with Crippen LogP contribution in [0.1, 0.15) is 32.8 Å². The lowest BCUT2D eigenvalue weighted by Crippen LogP contribution is -2.37. The van der Waals surface area contributed by atoms with Gasteiger partial charge in [-0.05, 0) is 38.2 Å². The summed E-state index contributed by atoms with van der Waals surface area (Å²) < 4.78 is 17.7. The van der Waals surface area contributed by atoms with Crippen LogP contribution in [0.5, 0.6) is 0 Å². The third-order valence-electron chi connectivity index (χ3n) is 2.86. The molecule has 0 aliphatic rings. The van der Waals surface area contributed by atoms with Crippen LogP contribution in [0.4, 0.5) is 9.18 Å². The lowest BCUT2D eigenvalue weighted by Gasteiger charge is -2.27. The van der Waals surface area contributed by atoms with E-state index in [-0.39, 0.29) is 19.5 Å². The number of benzene rings is 1. The summed E-state index contributed by atoms with van der Waals surface area (Å²) in [4.78, 5) is 13.6. The summed E-state index contributed by atoms with van der Waals surface area (Å²) >= 11 is 0. The lowest BCUT2D eigenvalue weighted by atomic mass is 9.80. The molecule has 0 atom stereocenters. The average Bonchev–Trinajstić information content (AvgIpc) is 2.42. The maximum absolute atomic E-state index is 12.4. The second-order valence-electron chi connectivity index (χ2n) is 6.06. The quantitative estimate of drug-likeness (QED) is 0.781. The summed E-state index contributed by atoms with van der Waals surface area (Å²) in [7, 11) is -1.53. The van der Waals surface area contributed by atoms with Gasteiger partial charge in [-0.15, -0.1) is 0 Å². The Morgan fingerprint density at radius 1 is 1.27 bits per heavy atom. The van der Waals surface area contributed by atoms with E-state index in [1.807, 2.05) is 0 Å². The van der Waals surface area contributed by atoms with Crippen LogP contribution in [-0.4, -0.2) is 47.0 Å². The number of halogens is 1. The molecule has 122 valence electrons. The molecule has 0 aliphatic heterocycles. The molecular formula is C15H23BFNO4. The molecule has 7 heteroatoms.